The molecule has 1 saturated heterocycles. The lowest BCUT2D eigenvalue weighted by atomic mass is 10.3. The number of aliphatic hydroxyl groups is 1. The number of amides is 1. The van der Waals surface area contributed by atoms with Gasteiger partial charge in [-0.15, -0.1) is 0 Å². The fourth-order valence-corrected chi connectivity index (χ4v) is 1.54. The first-order valence-electron chi connectivity index (χ1n) is 4.78. The van der Waals surface area contributed by atoms with Gasteiger partial charge in [-0.1, -0.05) is 0 Å². The van der Waals surface area contributed by atoms with Gasteiger partial charge >= 0.3 is 0 Å². The first-order chi connectivity index (χ1) is 6.65. The summed E-state index contributed by atoms with van der Waals surface area (Å²) in [5.41, 5.74) is 0. The van der Waals surface area contributed by atoms with Gasteiger partial charge < -0.3 is 10.0 Å². The van der Waals surface area contributed by atoms with Crippen LogP contribution in [0, 0.1) is 0 Å². The molecular formula is C9H16N2O3. The van der Waals surface area contributed by atoms with E-state index in [1.165, 1.54) is 6.92 Å². The third-order valence-electron chi connectivity index (χ3n) is 2.38. The number of hydrogen-bond donors (Lipinski definition) is 1. The van der Waals surface area contributed by atoms with Gasteiger partial charge in [0.25, 0.3) is 5.91 Å². The summed E-state index contributed by atoms with van der Waals surface area (Å²) < 4.78 is 0. The summed E-state index contributed by atoms with van der Waals surface area (Å²) in [6, 6.07) is 0. The highest BCUT2D eigenvalue weighted by Crippen LogP contribution is 2.01. The fourth-order valence-electron chi connectivity index (χ4n) is 1.54. The number of carbonyl (C=O) groups excluding carboxylic acids is 2. The second kappa shape index (κ2) is 5.07. The molecule has 1 aliphatic heterocycles. The van der Waals surface area contributed by atoms with Crippen molar-refractivity contribution in [1.29, 1.82) is 0 Å². The molecule has 1 amide bonds. The van der Waals surface area contributed by atoms with Crippen molar-refractivity contribution in [3.63, 3.8) is 0 Å². The molecule has 1 heterocycles. The average molecular weight is 200 g/mol. The summed E-state index contributed by atoms with van der Waals surface area (Å²) in [4.78, 5) is 25.7. The molecule has 0 atom stereocenters. The summed E-state index contributed by atoms with van der Waals surface area (Å²) >= 11 is 0. The van der Waals surface area contributed by atoms with Crippen molar-refractivity contribution in [2.24, 2.45) is 0 Å². The van der Waals surface area contributed by atoms with Crippen LogP contribution >= 0.6 is 0 Å². The maximum atomic E-state index is 11.3. The van der Waals surface area contributed by atoms with Gasteiger partial charge in [0.15, 0.2) is 0 Å². The van der Waals surface area contributed by atoms with Gasteiger partial charge in [0.05, 0.1) is 6.61 Å². The van der Waals surface area contributed by atoms with Crippen molar-refractivity contribution in [1.82, 2.24) is 9.80 Å². The Morgan fingerprint density at radius 1 is 1.21 bits per heavy atom. The van der Waals surface area contributed by atoms with E-state index in [4.69, 9.17) is 5.11 Å². The molecule has 0 aliphatic carbocycles. The molecule has 0 aromatic rings. The van der Waals surface area contributed by atoms with Crippen LogP contribution in [0.1, 0.15) is 6.92 Å². The SMILES string of the molecule is CC(=O)C(=O)N1CCN(CCO)CC1. The number of rotatable bonds is 3. The Morgan fingerprint density at radius 3 is 2.21 bits per heavy atom. The van der Waals surface area contributed by atoms with Crippen molar-refractivity contribution in [2.45, 2.75) is 6.92 Å². The second-order valence-corrected chi connectivity index (χ2v) is 3.41. The number of β-amino-alcohol motifs (C(OH)–C–C–N with tert-alkyl or cyclic N) is 1. The summed E-state index contributed by atoms with van der Waals surface area (Å²) in [6.07, 6.45) is 0. The number of ketones is 1. The molecule has 1 aliphatic rings. The summed E-state index contributed by atoms with van der Waals surface area (Å²) in [5.74, 6) is -0.797. The standard InChI is InChI=1S/C9H16N2O3/c1-8(13)9(14)11-4-2-10(3-5-11)6-7-12/h12H,2-7H2,1H3. The van der Waals surface area contributed by atoms with Gasteiger partial charge in [-0.25, -0.2) is 0 Å². The molecule has 0 aromatic carbocycles. The second-order valence-electron chi connectivity index (χ2n) is 3.41. The molecule has 0 aromatic heterocycles. The van der Waals surface area contributed by atoms with Crippen molar-refractivity contribution in [3.8, 4) is 0 Å². The third kappa shape index (κ3) is 2.78. The number of hydrogen-bond acceptors (Lipinski definition) is 4. The Balaban J connectivity index is 2.35. The maximum absolute atomic E-state index is 11.3. The van der Waals surface area contributed by atoms with Crippen LogP contribution in [0.3, 0.4) is 0 Å². The Morgan fingerprint density at radius 2 is 1.79 bits per heavy atom. The lowest BCUT2D eigenvalue weighted by Crippen LogP contribution is -2.50. The first kappa shape index (κ1) is 11.1. The number of aliphatic hydroxyl groups excluding tert-OH is 1. The van der Waals surface area contributed by atoms with Crippen LogP contribution in [0.5, 0.6) is 0 Å². The molecule has 0 bridgehead atoms. The molecule has 0 saturated carbocycles. The highest BCUT2D eigenvalue weighted by atomic mass is 16.3. The number of piperazine rings is 1. The zero-order valence-electron chi connectivity index (χ0n) is 8.40. The van der Waals surface area contributed by atoms with E-state index in [9.17, 15) is 9.59 Å². The van der Waals surface area contributed by atoms with E-state index >= 15 is 0 Å². The Hall–Kier alpha value is -0.940. The van der Waals surface area contributed by atoms with Crippen LogP contribution in [-0.2, 0) is 9.59 Å². The maximum Gasteiger partial charge on any atom is 0.289 e. The van der Waals surface area contributed by atoms with Crippen LogP contribution in [0.25, 0.3) is 0 Å². The number of Topliss-reactive ketones (excluding diaryl/α,β-unsaturated/α-hetero) is 1. The Labute approximate surface area is 83.3 Å². The van der Waals surface area contributed by atoms with E-state index in [0.717, 1.165) is 13.1 Å². The molecule has 80 valence electrons. The molecule has 1 fully saturated rings. The zero-order valence-corrected chi connectivity index (χ0v) is 8.40. The predicted molar refractivity (Wildman–Crippen MR) is 50.8 cm³/mol. The van der Waals surface area contributed by atoms with Gasteiger partial charge in [0, 0.05) is 39.6 Å². The highest BCUT2D eigenvalue weighted by Gasteiger charge is 2.22. The molecule has 0 unspecified atom stereocenters. The third-order valence-corrected chi connectivity index (χ3v) is 2.38. The largest absolute Gasteiger partial charge is 0.395 e. The molecule has 14 heavy (non-hydrogen) atoms. The van der Waals surface area contributed by atoms with E-state index in [2.05, 4.69) is 4.90 Å². The average Bonchev–Trinajstić information content (AvgIpc) is 2.18. The minimum Gasteiger partial charge on any atom is -0.395 e. The van der Waals surface area contributed by atoms with E-state index in [0.29, 0.717) is 19.6 Å². The monoisotopic (exact) mass is 200 g/mol. The molecule has 1 N–H and O–H groups in total. The first-order valence-corrected chi connectivity index (χ1v) is 4.78. The van der Waals surface area contributed by atoms with Gasteiger partial charge in [-0.2, -0.15) is 0 Å². The van der Waals surface area contributed by atoms with Crippen LogP contribution in [0.2, 0.25) is 0 Å². The van der Waals surface area contributed by atoms with Gasteiger partial charge in [0.2, 0.25) is 5.78 Å². The van der Waals surface area contributed by atoms with Gasteiger partial charge in [-0.3, -0.25) is 14.5 Å². The summed E-state index contributed by atoms with van der Waals surface area (Å²) in [7, 11) is 0. The van der Waals surface area contributed by atoms with Gasteiger partial charge in [-0.05, 0) is 0 Å². The van der Waals surface area contributed by atoms with Crippen molar-refractivity contribution < 1.29 is 14.7 Å². The van der Waals surface area contributed by atoms with Gasteiger partial charge in [0.1, 0.15) is 0 Å². The van der Waals surface area contributed by atoms with Crippen LogP contribution in [0.15, 0.2) is 0 Å². The highest BCUT2D eigenvalue weighted by molar-refractivity contribution is 6.35. The molecule has 5 heteroatoms. The Kier molecular flexibility index (Phi) is 4.03. The van der Waals surface area contributed by atoms with E-state index in [1.807, 2.05) is 0 Å². The molecule has 1 rings (SSSR count). The minimum atomic E-state index is -0.402. The lowest BCUT2D eigenvalue weighted by molar-refractivity contribution is -0.144. The van der Waals surface area contributed by atoms with Crippen LogP contribution in [0.4, 0.5) is 0 Å². The molecule has 5 nitrogen and oxygen atoms in total. The Bertz CT molecular complexity index is 222. The predicted octanol–water partition coefficient (Wildman–Crippen LogP) is -1.29. The summed E-state index contributed by atoms with van der Waals surface area (Å²) in [5, 5.41) is 8.71. The minimum absolute atomic E-state index is 0.140. The van der Waals surface area contributed by atoms with Crippen LogP contribution in [-0.4, -0.2) is 65.9 Å². The summed E-state index contributed by atoms with van der Waals surface area (Å²) in [6.45, 7) is 4.71. The van der Waals surface area contributed by atoms with Crippen molar-refractivity contribution in [2.75, 3.05) is 39.3 Å². The number of nitrogens with zero attached hydrogens (tertiary/aromatic N) is 2. The number of carbonyl (C=O) groups is 2. The normalized spacial score (nSPS) is 18.3. The zero-order chi connectivity index (χ0) is 10.6. The fraction of sp³-hybridized carbons (Fsp3) is 0.778. The van der Waals surface area contributed by atoms with E-state index < -0.39 is 11.7 Å². The van der Waals surface area contributed by atoms with Crippen molar-refractivity contribution >= 4 is 11.7 Å². The van der Waals surface area contributed by atoms with E-state index in [1.54, 1.807) is 4.90 Å². The quantitative estimate of drug-likeness (QED) is 0.576. The molecule has 0 spiro atoms. The van der Waals surface area contributed by atoms with Crippen LogP contribution < -0.4 is 0 Å². The van der Waals surface area contributed by atoms with E-state index in [-0.39, 0.29) is 6.61 Å². The topological polar surface area (TPSA) is 60.9 Å². The smallest absolute Gasteiger partial charge is 0.289 e. The molecule has 0 radical (unpaired) electrons. The van der Waals surface area contributed by atoms with Crippen molar-refractivity contribution in [3.05, 3.63) is 0 Å². The molecular weight excluding hydrogens is 184 g/mol. The lowest BCUT2D eigenvalue weighted by Gasteiger charge is -2.33.